The van der Waals surface area contributed by atoms with Gasteiger partial charge in [0, 0.05) is 48.6 Å². The molecule has 2 fully saturated rings. The highest BCUT2D eigenvalue weighted by Gasteiger charge is 2.44. The van der Waals surface area contributed by atoms with Crippen LogP contribution in [-0.4, -0.2) is 83.9 Å². The van der Waals surface area contributed by atoms with E-state index in [9.17, 15) is 13.8 Å². The van der Waals surface area contributed by atoms with Crippen molar-refractivity contribution in [1.29, 1.82) is 0 Å². The number of hydrogen-bond acceptors (Lipinski definition) is 8. The summed E-state index contributed by atoms with van der Waals surface area (Å²) in [7, 11) is -1.76. The average Bonchev–Trinajstić information content (AvgIpc) is 3.27. The Morgan fingerprint density at radius 1 is 1.09 bits per heavy atom. The lowest BCUT2D eigenvalue weighted by Gasteiger charge is -2.46. The molecule has 3 aliphatic heterocycles. The molecule has 11 nitrogen and oxygen atoms in total. The number of nitrogens with zero attached hydrogens (tertiary/aromatic N) is 4. The number of urea groups is 1. The predicted octanol–water partition coefficient (Wildman–Crippen LogP) is 6.84. The van der Waals surface area contributed by atoms with Crippen LogP contribution in [0.4, 0.5) is 10.5 Å². The van der Waals surface area contributed by atoms with Gasteiger partial charge in [-0.05, 0) is 110 Å². The van der Waals surface area contributed by atoms with Gasteiger partial charge in [-0.25, -0.2) is 9.00 Å². The molecule has 6 atom stereocenters. The fourth-order valence-electron chi connectivity index (χ4n) is 8.86. The summed E-state index contributed by atoms with van der Waals surface area (Å²) in [5.74, 6) is 1.31. The van der Waals surface area contributed by atoms with Crippen LogP contribution in [0.15, 0.2) is 77.4 Å². The number of nitrogens with one attached hydrogen (secondary N) is 1. The molecule has 2 aliphatic carbocycles. The van der Waals surface area contributed by atoms with Crippen LogP contribution in [0.3, 0.4) is 0 Å². The molecule has 5 aliphatic rings. The first-order valence-electron chi connectivity index (χ1n) is 19.0. The average molecular weight is 774 g/mol. The molecular weight excluding hydrogens is 726 g/mol. The number of ether oxygens (including phenoxy) is 3. The molecule has 54 heavy (non-hydrogen) atoms. The third-order valence-corrected chi connectivity index (χ3v) is 14.1. The van der Waals surface area contributed by atoms with Gasteiger partial charge in [0.15, 0.2) is 0 Å². The van der Waals surface area contributed by atoms with E-state index in [1.165, 1.54) is 16.0 Å². The predicted molar refractivity (Wildman–Crippen MR) is 209 cm³/mol. The third kappa shape index (κ3) is 7.57. The minimum Gasteiger partial charge on any atom is -0.490 e. The van der Waals surface area contributed by atoms with Crippen LogP contribution < -0.4 is 19.1 Å². The Morgan fingerprint density at radius 3 is 2.70 bits per heavy atom. The number of anilines is 1. The van der Waals surface area contributed by atoms with Gasteiger partial charge in [-0.1, -0.05) is 36.7 Å². The number of benzene rings is 2. The number of pyridine rings is 1. The number of aromatic nitrogens is 1. The largest absolute Gasteiger partial charge is 0.490 e. The first-order chi connectivity index (χ1) is 26.1. The number of carbonyl (C=O) groups is 2. The summed E-state index contributed by atoms with van der Waals surface area (Å²) in [6.07, 6.45) is 13.0. The highest BCUT2D eigenvalue weighted by atomic mass is 35.5. The monoisotopic (exact) mass is 773 g/mol. The minimum absolute atomic E-state index is 0.00935. The normalized spacial score (nSPS) is 30.3. The lowest BCUT2D eigenvalue weighted by atomic mass is 9.68. The van der Waals surface area contributed by atoms with E-state index in [0.717, 1.165) is 49.4 Å². The van der Waals surface area contributed by atoms with Crippen molar-refractivity contribution >= 4 is 39.1 Å². The van der Waals surface area contributed by atoms with Gasteiger partial charge < -0.3 is 24.0 Å². The van der Waals surface area contributed by atoms with Crippen LogP contribution in [0, 0.1) is 17.8 Å². The van der Waals surface area contributed by atoms with Crippen molar-refractivity contribution in [3.05, 3.63) is 94.8 Å². The Kier molecular flexibility index (Phi) is 10.4. The third-order valence-electron chi connectivity index (χ3n) is 11.8. The van der Waals surface area contributed by atoms with Crippen LogP contribution in [0.25, 0.3) is 0 Å². The Labute approximate surface area is 322 Å². The maximum atomic E-state index is 14.6. The molecule has 1 N–H and O–H groups in total. The van der Waals surface area contributed by atoms with Crippen LogP contribution in [0.1, 0.15) is 60.5 Å². The summed E-state index contributed by atoms with van der Waals surface area (Å²) >= 11 is 6.47. The second kappa shape index (κ2) is 15.2. The zero-order valence-electron chi connectivity index (χ0n) is 30.8. The van der Waals surface area contributed by atoms with E-state index in [2.05, 4.69) is 43.3 Å². The summed E-state index contributed by atoms with van der Waals surface area (Å²) in [5, 5.41) is 0.739. The van der Waals surface area contributed by atoms with Crippen LogP contribution in [-0.2, 0) is 26.5 Å². The van der Waals surface area contributed by atoms with E-state index < -0.39 is 21.9 Å². The quantitative estimate of drug-likeness (QED) is 0.286. The standard InChI is InChI=1S/C41H48ClN5O6S/c1-27-5-3-7-37(51-2)34-11-8-30(34)21-47-25-41(16-4-6-28-19-31(42)10-12-35(28)41)26-52-38-13-9-29(20-36(38)47)39(48)44-54(50,24-27)45-40(49)46-22-33(23-46)53-32-14-17-43-18-15-32/h3,7,9-10,12-15,17-20,27,30,33-34,37H,4-6,8,11,16,21-26H2,1-2H3,(H,44,45,48,49,50)/b7-3+/t27-,30-,34+,37-,41-,54-/m0/s1. The highest BCUT2D eigenvalue weighted by molar-refractivity contribution is 7.92. The van der Waals surface area contributed by atoms with Crippen molar-refractivity contribution in [1.82, 2.24) is 14.6 Å². The van der Waals surface area contributed by atoms with Crippen LogP contribution >= 0.6 is 11.6 Å². The Morgan fingerprint density at radius 2 is 1.93 bits per heavy atom. The molecule has 13 heteroatoms. The van der Waals surface area contributed by atoms with Gasteiger partial charge in [-0.2, -0.15) is 0 Å². The van der Waals surface area contributed by atoms with Crippen molar-refractivity contribution < 1.29 is 28.0 Å². The summed E-state index contributed by atoms with van der Waals surface area (Å²) in [6.45, 7) is 4.58. The van der Waals surface area contributed by atoms with Crippen molar-refractivity contribution in [2.24, 2.45) is 22.1 Å². The van der Waals surface area contributed by atoms with Gasteiger partial charge in [-0.3, -0.25) is 14.5 Å². The fourth-order valence-corrected chi connectivity index (χ4v) is 10.9. The van der Waals surface area contributed by atoms with Crippen molar-refractivity contribution in [3.63, 3.8) is 0 Å². The molecule has 1 aromatic heterocycles. The molecule has 8 rings (SSSR count). The lowest BCUT2D eigenvalue weighted by molar-refractivity contribution is 0.0131. The second-order valence-electron chi connectivity index (χ2n) is 15.7. The van der Waals surface area contributed by atoms with Crippen molar-refractivity contribution in [2.75, 3.05) is 50.5 Å². The Bertz CT molecular complexity index is 2050. The minimum atomic E-state index is -3.53. The molecule has 1 saturated carbocycles. The van der Waals surface area contributed by atoms with Crippen molar-refractivity contribution in [3.8, 4) is 11.5 Å². The molecule has 1 spiro atoms. The summed E-state index contributed by atoms with van der Waals surface area (Å²) in [6, 6.07) is 14.6. The molecular formula is C41H48ClN5O6S. The Hall–Kier alpha value is -4.13. The van der Waals surface area contributed by atoms with Gasteiger partial charge in [0.1, 0.15) is 27.5 Å². The van der Waals surface area contributed by atoms with Gasteiger partial charge in [0.2, 0.25) is 0 Å². The maximum Gasteiger partial charge on any atom is 0.330 e. The number of methoxy groups -OCH3 is 1. The maximum absolute atomic E-state index is 14.6. The number of rotatable bonds is 4. The molecule has 2 aromatic carbocycles. The SMILES string of the molecule is CO[C@H]1/C=C/C[C@H](C)C[S@@](=O)(NC(=O)N2CC(Oc3ccncc3)C2)=NC(=O)c2ccc3c(c2)N(C[C@@H]2CC[C@H]21)C[C@@]1(CCCc2cc(Cl)ccc21)CO3. The topological polar surface area (TPSA) is 123 Å². The van der Waals surface area contributed by atoms with Crippen LogP contribution in [0.5, 0.6) is 11.5 Å². The van der Waals surface area contributed by atoms with E-state index in [0.29, 0.717) is 61.6 Å². The first kappa shape index (κ1) is 36.8. The van der Waals surface area contributed by atoms with Crippen molar-refractivity contribution in [2.45, 2.75) is 63.1 Å². The molecule has 4 heterocycles. The zero-order chi connectivity index (χ0) is 37.5. The number of amides is 3. The van der Waals surface area contributed by atoms with E-state index in [1.54, 1.807) is 37.7 Å². The number of aryl methyl sites for hydroxylation is 1. The van der Waals surface area contributed by atoms with E-state index in [-0.39, 0.29) is 29.3 Å². The smallest absolute Gasteiger partial charge is 0.330 e. The van der Waals surface area contributed by atoms with Crippen LogP contribution in [0.2, 0.25) is 5.02 Å². The van der Waals surface area contributed by atoms with E-state index in [4.69, 9.17) is 25.8 Å². The molecule has 0 radical (unpaired) electrons. The number of fused-ring (bicyclic) bond motifs is 4. The fraction of sp³-hybridized carbons (Fsp3) is 0.488. The van der Waals surface area contributed by atoms with E-state index in [1.807, 2.05) is 25.1 Å². The molecule has 286 valence electrons. The summed E-state index contributed by atoms with van der Waals surface area (Å²) in [4.78, 5) is 35.4. The van der Waals surface area contributed by atoms with Gasteiger partial charge in [0.05, 0.1) is 37.2 Å². The summed E-state index contributed by atoms with van der Waals surface area (Å²) in [5.41, 5.74) is 3.39. The number of allylic oxidation sites excluding steroid dienone is 1. The zero-order valence-corrected chi connectivity index (χ0v) is 32.4. The number of halogens is 1. The number of carbonyl (C=O) groups excluding carboxylic acids is 2. The van der Waals surface area contributed by atoms with Gasteiger partial charge >= 0.3 is 6.03 Å². The summed E-state index contributed by atoms with van der Waals surface area (Å²) < 4.78 is 40.2. The molecule has 3 aromatic rings. The highest BCUT2D eigenvalue weighted by Crippen LogP contribution is 2.47. The van der Waals surface area contributed by atoms with E-state index >= 15 is 0 Å². The van der Waals surface area contributed by atoms with Gasteiger partial charge in [0.25, 0.3) is 5.91 Å². The number of hydrogen-bond donors (Lipinski definition) is 1. The Balaban J connectivity index is 1.11. The lowest BCUT2D eigenvalue weighted by Crippen LogP contribution is -2.59. The molecule has 3 amide bonds. The first-order valence-corrected chi connectivity index (χ1v) is 21.1. The van der Waals surface area contributed by atoms with Gasteiger partial charge in [-0.15, -0.1) is 4.36 Å². The number of likely N-dealkylation sites (tertiary alicyclic amines) is 1. The molecule has 2 bridgehead atoms. The molecule has 1 saturated heterocycles. The molecule has 0 unspecified atom stereocenters. The second-order valence-corrected chi connectivity index (χ2v) is 18.1.